The fourth-order valence-corrected chi connectivity index (χ4v) is 2.53. The van der Waals surface area contributed by atoms with Crippen molar-refractivity contribution in [3.05, 3.63) is 34.9 Å². The van der Waals surface area contributed by atoms with E-state index in [1.54, 1.807) is 6.07 Å². The van der Waals surface area contributed by atoms with Crippen LogP contribution in [0.25, 0.3) is 0 Å². The van der Waals surface area contributed by atoms with Crippen molar-refractivity contribution in [3.8, 4) is 0 Å². The van der Waals surface area contributed by atoms with E-state index in [1.165, 1.54) is 13.0 Å². The summed E-state index contributed by atoms with van der Waals surface area (Å²) in [6, 6.07) is 4.71. The molecule has 0 aliphatic carbocycles. The number of halogens is 3. The molecule has 100 valence electrons. The lowest BCUT2D eigenvalue weighted by Gasteiger charge is -2.23. The van der Waals surface area contributed by atoms with Crippen LogP contribution < -0.4 is 5.32 Å². The van der Waals surface area contributed by atoms with Crippen molar-refractivity contribution in [2.24, 2.45) is 5.92 Å². The standard InChI is InChI=1S/C14H18F3N/c1-10-4-5-11(8-13(10)14(15,16)17)7-12-3-2-6-18-9-12/h4-5,8,12,18H,2-3,6-7,9H2,1H3. The van der Waals surface area contributed by atoms with E-state index in [2.05, 4.69) is 5.32 Å². The van der Waals surface area contributed by atoms with E-state index in [9.17, 15) is 13.2 Å². The highest BCUT2D eigenvalue weighted by Crippen LogP contribution is 2.33. The molecule has 1 atom stereocenters. The molecule has 1 unspecified atom stereocenters. The van der Waals surface area contributed by atoms with Gasteiger partial charge in [0.2, 0.25) is 0 Å². The van der Waals surface area contributed by atoms with Gasteiger partial charge < -0.3 is 5.32 Å². The number of benzene rings is 1. The van der Waals surface area contributed by atoms with E-state index in [4.69, 9.17) is 0 Å². The molecule has 1 N–H and O–H groups in total. The van der Waals surface area contributed by atoms with Gasteiger partial charge >= 0.3 is 6.18 Å². The van der Waals surface area contributed by atoms with Crippen LogP contribution in [0.3, 0.4) is 0 Å². The molecule has 0 radical (unpaired) electrons. The first-order valence-corrected chi connectivity index (χ1v) is 6.34. The molecule has 0 amide bonds. The minimum Gasteiger partial charge on any atom is -0.316 e. The minimum absolute atomic E-state index is 0.299. The van der Waals surface area contributed by atoms with Crippen molar-refractivity contribution in [1.29, 1.82) is 0 Å². The summed E-state index contributed by atoms with van der Waals surface area (Å²) >= 11 is 0. The predicted octanol–water partition coefficient (Wildman–Crippen LogP) is 3.56. The number of hydrogen-bond donors (Lipinski definition) is 1. The average Bonchev–Trinajstić information content (AvgIpc) is 2.31. The first-order chi connectivity index (χ1) is 8.47. The molecule has 1 saturated heterocycles. The highest BCUT2D eigenvalue weighted by atomic mass is 19.4. The second kappa shape index (κ2) is 5.31. The molecular formula is C14H18F3N. The second-order valence-corrected chi connectivity index (χ2v) is 5.06. The van der Waals surface area contributed by atoms with E-state index >= 15 is 0 Å². The number of piperidine rings is 1. The van der Waals surface area contributed by atoms with Gasteiger partial charge in [0.1, 0.15) is 0 Å². The number of hydrogen-bond acceptors (Lipinski definition) is 1. The molecule has 0 bridgehead atoms. The van der Waals surface area contributed by atoms with E-state index in [0.29, 0.717) is 11.5 Å². The number of nitrogens with one attached hydrogen (secondary N) is 1. The van der Waals surface area contributed by atoms with E-state index < -0.39 is 11.7 Å². The molecule has 1 heterocycles. The SMILES string of the molecule is Cc1ccc(CC2CCCNC2)cc1C(F)(F)F. The summed E-state index contributed by atoms with van der Waals surface area (Å²) in [7, 11) is 0. The minimum atomic E-state index is -4.25. The van der Waals surface area contributed by atoms with Crippen molar-refractivity contribution >= 4 is 0 Å². The third kappa shape index (κ3) is 3.25. The summed E-state index contributed by atoms with van der Waals surface area (Å²) in [6.07, 6.45) is -1.30. The number of alkyl halides is 3. The highest BCUT2D eigenvalue weighted by Gasteiger charge is 2.32. The maximum Gasteiger partial charge on any atom is 0.416 e. The molecule has 4 heteroatoms. The maximum atomic E-state index is 12.8. The first-order valence-electron chi connectivity index (χ1n) is 6.34. The van der Waals surface area contributed by atoms with Gasteiger partial charge in [-0.05, 0) is 62.4 Å². The Labute approximate surface area is 105 Å². The molecule has 1 nitrogen and oxygen atoms in total. The van der Waals surface area contributed by atoms with Gasteiger partial charge in [-0.15, -0.1) is 0 Å². The van der Waals surface area contributed by atoms with Gasteiger partial charge in [0.05, 0.1) is 5.56 Å². The number of aryl methyl sites for hydroxylation is 1. The van der Waals surface area contributed by atoms with Crippen LogP contribution in [-0.2, 0) is 12.6 Å². The molecule has 18 heavy (non-hydrogen) atoms. The molecule has 2 rings (SSSR count). The van der Waals surface area contributed by atoms with Crippen molar-refractivity contribution in [2.45, 2.75) is 32.4 Å². The fourth-order valence-electron chi connectivity index (χ4n) is 2.53. The van der Waals surface area contributed by atoms with E-state index in [-0.39, 0.29) is 0 Å². The summed E-state index contributed by atoms with van der Waals surface area (Å²) in [5, 5.41) is 3.29. The summed E-state index contributed by atoms with van der Waals surface area (Å²) in [5.41, 5.74) is 0.596. The smallest absolute Gasteiger partial charge is 0.316 e. The van der Waals surface area contributed by atoms with Crippen LogP contribution in [0.4, 0.5) is 13.2 Å². The Morgan fingerprint density at radius 3 is 2.72 bits per heavy atom. The maximum absolute atomic E-state index is 12.8. The summed E-state index contributed by atoms with van der Waals surface area (Å²) in [4.78, 5) is 0. The third-order valence-electron chi connectivity index (χ3n) is 3.53. The quantitative estimate of drug-likeness (QED) is 0.854. The van der Waals surface area contributed by atoms with E-state index in [0.717, 1.165) is 37.9 Å². The third-order valence-corrected chi connectivity index (χ3v) is 3.53. The lowest BCUT2D eigenvalue weighted by Crippen LogP contribution is -2.30. The summed E-state index contributed by atoms with van der Waals surface area (Å²) in [5.74, 6) is 0.461. The zero-order valence-corrected chi connectivity index (χ0v) is 10.5. The van der Waals surface area contributed by atoms with E-state index in [1.807, 2.05) is 6.07 Å². The van der Waals surface area contributed by atoms with Gasteiger partial charge in [-0.3, -0.25) is 0 Å². The number of rotatable bonds is 2. The Balaban J connectivity index is 2.14. The van der Waals surface area contributed by atoms with Crippen LogP contribution in [0.5, 0.6) is 0 Å². The normalized spacial score (nSPS) is 21.0. The molecule has 0 saturated carbocycles. The Morgan fingerprint density at radius 2 is 2.11 bits per heavy atom. The zero-order valence-electron chi connectivity index (χ0n) is 10.5. The Bertz CT molecular complexity index is 406. The van der Waals surface area contributed by atoms with Crippen LogP contribution >= 0.6 is 0 Å². The largest absolute Gasteiger partial charge is 0.416 e. The Kier molecular flexibility index (Phi) is 3.95. The zero-order chi connectivity index (χ0) is 13.2. The fraction of sp³-hybridized carbons (Fsp3) is 0.571. The average molecular weight is 257 g/mol. The van der Waals surface area contributed by atoms with Gasteiger partial charge in [-0.1, -0.05) is 12.1 Å². The Morgan fingerprint density at radius 1 is 1.33 bits per heavy atom. The van der Waals surface area contributed by atoms with Gasteiger partial charge in [0.15, 0.2) is 0 Å². The lowest BCUT2D eigenvalue weighted by molar-refractivity contribution is -0.138. The van der Waals surface area contributed by atoms with Gasteiger partial charge in [0, 0.05) is 0 Å². The molecule has 0 spiro atoms. The van der Waals surface area contributed by atoms with Crippen molar-refractivity contribution in [1.82, 2.24) is 5.32 Å². The monoisotopic (exact) mass is 257 g/mol. The van der Waals surface area contributed by atoms with Crippen LogP contribution in [0.2, 0.25) is 0 Å². The first kappa shape index (κ1) is 13.4. The van der Waals surface area contributed by atoms with Gasteiger partial charge in [-0.2, -0.15) is 13.2 Å². The molecule has 1 aliphatic rings. The lowest BCUT2D eigenvalue weighted by atomic mass is 9.91. The molecule has 1 aromatic rings. The summed E-state index contributed by atoms with van der Waals surface area (Å²) in [6.45, 7) is 3.45. The molecular weight excluding hydrogens is 239 g/mol. The van der Waals surface area contributed by atoms with Crippen LogP contribution in [0, 0.1) is 12.8 Å². The van der Waals surface area contributed by atoms with Gasteiger partial charge in [0.25, 0.3) is 0 Å². The second-order valence-electron chi connectivity index (χ2n) is 5.06. The van der Waals surface area contributed by atoms with Crippen molar-refractivity contribution in [2.75, 3.05) is 13.1 Å². The molecule has 1 aromatic carbocycles. The van der Waals surface area contributed by atoms with Crippen molar-refractivity contribution < 1.29 is 13.2 Å². The predicted molar refractivity (Wildman–Crippen MR) is 65.5 cm³/mol. The molecule has 1 aliphatic heterocycles. The summed E-state index contributed by atoms with van der Waals surface area (Å²) < 4.78 is 38.4. The van der Waals surface area contributed by atoms with Crippen LogP contribution in [0.1, 0.15) is 29.5 Å². The van der Waals surface area contributed by atoms with Gasteiger partial charge in [-0.25, -0.2) is 0 Å². The van der Waals surface area contributed by atoms with Crippen LogP contribution in [-0.4, -0.2) is 13.1 Å². The molecule has 1 fully saturated rings. The molecule has 0 aromatic heterocycles. The van der Waals surface area contributed by atoms with Crippen molar-refractivity contribution in [3.63, 3.8) is 0 Å². The highest BCUT2D eigenvalue weighted by molar-refractivity contribution is 5.33. The Hall–Kier alpha value is -1.03. The topological polar surface area (TPSA) is 12.0 Å². The van der Waals surface area contributed by atoms with Crippen LogP contribution in [0.15, 0.2) is 18.2 Å².